The Labute approximate surface area is 134 Å². The molecular weight excluding hydrogens is 280 g/mol. The number of likely N-dealkylation sites (tertiary alicyclic amines) is 1. The van der Waals surface area contributed by atoms with Crippen LogP contribution >= 0.6 is 0 Å². The third-order valence-corrected chi connectivity index (χ3v) is 3.74. The number of amides is 3. The molecule has 0 unspecified atom stereocenters. The Morgan fingerprint density at radius 1 is 1.32 bits per heavy atom. The molecule has 1 fully saturated rings. The summed E-state index contributed by atoms with van der Waals surface area (Å²) in [6.45, 7) is 8.85. The lowest BCUT2D eigenvalue weighted by Crippen LogP contribution is -2.45. The van der Waals surface area contributed by atoms with Crippen molar-refractivity contribution in [2.75, 3.05) is 53.4 Å². The van der Waals surface area contributed by atoms with Crippen LogP contribution in [-0.2, 0) is 4.79 Å². The zero-order valence-corrected chi connectivity index (χ0v) is 14.6. The number of nitrogens with zero attached hydrogens (tertiary/aromatic N) is 3. The van der Waals surface area contributed by atoms with Crippen molar-refractivity contribution in [2.45, 2.75) is 33.1 Å². The van der Waals surface area contributed by atoms with Crippen LogP contribution in [0, 0.1) is 5.92 Å². The highest BCUT2D eigenvalue weighted by atomic mass is 16.2. The second kappa shape index (κ2) is 9.66. The predicted molar refractivity (Wildman–Crippen MR) is 88.8 cm³/mol. The second-order valence-corrected chi connectivity index (χ2v) is 6.71. The molecule has 0 aromatic heterocycles. The van der Waals surface area contributed by atoms with Gasteiger partial charge in [-0.05, 0) is 32.9 Å². The van der Waals surface area contributed by atoms with Gasteiger partial charge in [0.05, 0.1) is 0 Å². The molecule has 0 aromatic carbocycles. The number of nitrogens with one attached hydrogen (secondary N) is 1. The van der Waals surface area contributed by atoms with Crippen molar-refractivity contribution in [3.05, 3.63) is 0 Å². The predicted octanol–water partition coefficient (Wildman–Crippen LogP) is 1.23. The summed E-state index contributed by atoms with van der Waals surface area (Å²) >= 11 is 0. The van der Waals surface area contributed by atoms with Gasteiger partial charge in [-0.2, -0.15) is 0 Å². The van der Waals surface area contributed by atoms with E-state index < -0.39 is 0 Å². The first-order valence-electron chi connectivity index (χ1n) is 8.35. The summed E-state index contributed by atoms with van der Waals surface area (Å²) in [7, 11) is 4.02. The maximum Gasteiger partial charge on any atom is 0.317 e. The van der Waals surface area contributed by atoms with Gasteiger partial charge in [-0.25, -0.2) is 4.79 Å². The molecule has 1 aliphatic rings. The minimum Gasteiger partial charge on any atom is -0.343 e. The Balaban J connectivity index is 2.27. The van der Waals surface area contributed by atoms with E-state index in [4.69, 9.17) is 0 Å². The molecule has 0 spiro atoms. The maximum absolute atomic E-state index is 12.3. The maximum atomic E-state index is 12.3. The molecule has 1 rings (SSSR count). The summed E-state index contributed by atoms with van der Waals surface area (Å²) < 4.78 is 0. The van der Waals surface area contributed by atoms with Crippen LogP contribution in [0.5, 0.6) is 0 Å². The molecule has 128 valence electrons. The average molecular weight is 312 g/mol. The van der Waals surface area contributed by atoms with Crippen LogP contribution in [-0.4, -0.2) is 80.0 Å². The number of carbonyl (C=O) groups is 2. The van der Waals surface area contributed by atoms with Gasteiger partial charge in [0.1, 0.15) is 0 Å². The van der Waals surface area contributed by atoms with Gasteiger partial charge in [-0.1, -0.05) is 13.8 Å². The Morgan fingerprint density at radius 3 is 2.59 bits per heavy atom. The fourth-order valence-electron chi connectivity index (χ4n) is 2.55. The topological polar surface area (TPSA) is 55.9 Å². The van der Waals surface area contributed by atoms with Crippen LogP contribution < -0.4 is 5.32 Å². The third-order valence-electron chi connectivity index (χ3n) is 3.74. The molecule has 22 heavy (non-hydrogen) atoms. The van der Waals surface area contributed by atoms with Crippen LogP contribution in [0.4, 0.5) is 4.79 Å². The zero-order chi connectivity index (χ0) is 16.5. The van der Waals surface area contributed by atoms with Crippen molar-refractivity contribution < 1.29 is 9.59 Å². The monoisotopic (exact) mass is 312 g/mol. The molecular formula is C16H32N4O2. The lowest BCUT2D eigenvalue weighted by atomic mass is 10.2. The molecule has 0 radical (unpaired) electrons. The summed E-state index contributed by atoms with van der Waals surface area (Å²) in [5.74, 6) is 0.703. The minimum absolute atomic E-state index is 0.00305. The van der Waals surface area contributed by atoms with E-state index in [2.05, 4.69) is 24.1 Å². The fourth-order valence-corrected chi connectivity index (χ4v) is 2.55. The molecule has 1 heterocycles. The highest BCUT2D eigenvalue weighted by Crippen LogP contribution is 2.09. The molecule has 0 aromatic rings. The Bertz CT molecular complexity index is 358. The average Bonchev–Trinajstić information content (AvgIpc) is 2.84. The third kappa shape index (κ3) is 7.11. The lowest BCUT2D eigenvalue weighted by molar-refractivity contribution is -0.127. The summed E-state index contributed by atoms with van der Waals surface area (Å²) in [4.78, 5) is 29.6. The molecule has 1 aliphatic heterocycles. The van der Waals surface area contributed by atoms with E-state index in [1.54, 1.807) is 0 Å². The summed E-state index contributed by atoms with van der Waals surface area (Å²) in [5.41, 5.74) is 0. The van der Waals surface area contributed by atoms with Gasteiger partial charge in [0.15, 0.2) is 0 Å². The molecule has 1 N–H and O–H groups in total. The largest absolute Gasteiger partial charge is 0.343 e. The number of carbonyl (C=O) groups excluding carboxylic acids is 2. The summed E-state index contributed by atoms with van der Waals surface area (Å²) in [6.07, 6.45) is 2.47. The normalized spacial score (nSPS) is 15.0. The quantitative estimate of drug-likeness (QED) is 0.652. The smallest absolute Gasteiger partial charge is 0.317 e. The molecule has 0 saturated carbocycles. The van der Waals surface area contributed by atoms with Crippen LogP contribution in [0.1, 0.15) is 33.1 Å². The SMILES string of the molecule is CC(C)CN(CCN(C)C)C(=O)NCCCN1CCCC1=O. The number of hydrogen-bond acceptors (Lipinski definition) is 3. The van der Waals surface area contributed by atoms with E-state index in [9.17, 15) is 9.59 Å². The molecule has 1 saturated heterocycles. The van der Waals surface area contributed by atoms with Gasteiger partial charge in [0.2, 0.25) is 5.91 Å². The zero-order valence-electron chi connectivity index (χ0n) is 14.6. The van der Waals surface area contributed by atoms with Crippen molar-refractivity contribution in [3.8, 4) is 0 Å². The molecule has 3 amide bonds. The lowest BCUT2D eigenvalue weighted by Gasteiger charge is -2.26. The van der Waals surface area contributed by atoms with E-state index in [0.717, 1.165) is 45.6 Å². The van der Waals surface area contributed by atoms with Crippen LogP contribution in [0.3, 0.4) is 0 Å². The van der Waals surface area contributed by atoms with Crippen LogP contribution in [0.15, 0.2) is 0 Å². The number of urea groups is 1. The van der Waals surface area contributed by atoms with Gasteiger partial charge in [-0.15, -0.1) is 0 Å². The van der Waals surface area contributed by atoms with Crippen molar-refractivity contribution in [1.29, 1.82) is 0 Å². The van der Waals surface area contributed by atoms with Gasteiger partial charge < -0.3 is 20.0 Å². The highest BCUT2D eigenvalue weighted by molar-refractivity contribution is 5.78. The number of rotatable bonds is 9. The van der Waals surface area contributed by atoms with E-state index in [0.29, 0.717) is 18.9 Å². The first-order valence-corrected chi connectivity index (χ1v) is 8.35. The number of hydrogen-bond donors (Lipinski definition) is 1. The first-order chi connectivity index (χ1) is 10.4. The van der Waals surface area contributed by atoms with Crippen molar-refractivity contribution in [3.63, 3.8) is 0 Å². The standard InChI is InChI=1S/C16H32N4O2/c1-14(2)13-20(12-11-18(3)4)16(22)17-8-6-10-19-9-5-7-15(19)21/h14H,5-13H2,1-4H3,(H,17,22). The van der Waals surface area contributed by atoms with Gasteiger partial charge in [0.25, 0.3) is 0 Å². The van der Waals surface area contributed by atoms with Crippen molar-refractivity contribution >= 4 is 11.9 Å². The molecule has 0 bridgehead atoms. The fraction of sp³-hybridized carbons (Fsp3) is 0.875. The van der Waals surface area contributed by atoms with E-state index in [1.165, 1.54) is 0 Å². The van der Waals surface area contributed by atoms with E-state index >= 15 is 0 Å². The van der Waals surface area contributed by atoms with Crippen molar-refractivity contribution in [2.24, 2.45) is 5.92 Å². The summed E-state index contributed by atoms with van der Waals surface area (Å²) in [5, 5.41) is 2.98. The summed E-state index contributed by atoms with van der Waals surface area (Å²) in [6, 6.07) is 0.00305. The first kappa shape index (κ1) is 18.7. The van der Waals surface area contributed by atoms with E-state index in [1.807, 2.05) is 23.9 Å². The Morgan fingerprint density at radius 2 is 2.05 bits per heavy atom. The Kier molecular flexibility index (Phi) is 8.24. The molecule has 6 heteroatoms. The van der Waals surface area contributed by atoms with Crippen LogP contribution in [0.2, 0.25) is 0 Å². The van der Waals surface area contributed by atoms with Crippen LogP contribution in [0.25, 0.3) is 0 Å². The second-order valence-electron chi connectivity index (χ2n) is 6.71. The van der Waals surface area contributed by atoms with Gasteiger partial charge in [-0.3, -0.25) is 4.79 Å². The Hall–Kier alpha value is -1.30. The molecule has 6 nitrogen and oxygen atoms in total. The van der Waals surface area contributed by atoms with Gasteiger partial charge in [0, 0.05) is 45.7 Å². The molecule has 0 aliphatic carbocycles. The molecule has 0 atom stereocenters. The minimum atomic E-state index is 0.00305. The van der Waals surface area contributed by atoms with Gasteiger partial charge >= 0.3 is 6.03 Å². The highest BCUT2D eigenvalue weighted by Gasteiger charge is 2.19. The number of likely N-dealkylation sites (N-methyl/N-ethyl adjacent to an activating group) is 1. The van der Waals surface area contributed by atoms with E-state index in [-0.39, 0.29) is 11.9 Å². The van der Waals surface area contributed by atoms with Crippen molar-refractivity contribution in [1.82, 2.24) is 20.0 Å².